The Morgan fingerprint density at radius 1 is 0.895 bits per heavy atom. The zero-order chi connectivity index (χ0) is 14.2. The summed E-state index contributed by atoms with van der Waals surface area (Å²) >= 11 is 0. The number of hydrogen-bond acceptors (Lipinski definition) is 3. The summed E-state index contributed by atoms with van der Waals surface area (Å²) in [6, 6.07) is 7.39. The van der Waals surface area contributed by atoms with Gasteiger partial charge in [0.25, 0.3) is 0 Å². The predicted molar refractivity (Wildman–Crippen MR) is 74.7 cm³/mol. The molecule has 2 rings (SSSR count). The minimum atomic E-state index is -0.334. The normalized spacial score (nSPS) is 10.5. The van der Waals surface area contributed by atoms with Crippen LogP contribution in [0.2, 0.25) is 0 Å². The lowest BCUT2D eigenvalue weighted by atomic mass is 9.95. The molecule has 2 aromatic rings. The molecule has 0 spiro atoms. The molecule has 0 heterocycles. The summed E-state index contributed by atoms with van der Waals surface area (Å²) in [5.74, 6) is 0.288. The van der Waals surface area contributed by atoms with Crippen molar-refractivity contribution in [3.05, 3.63) is 41.0 Å². The molecule has 0 aliphatic carbocycles. The zero-order valence-electron chi connectivity index (χ0n) is 11.5. The van der Waals surface area contributed by atoms with Crippen LogP contribution in [-0.4, -0.2) is 11.8 Å². The first-order valence-electron chi connectivity index (χ1n) is 6.14. The number of esters is 1. The van der Waals surface area contributed by atoms with Gasteiger partial charge >= 0.3 is 5.97 Å². The molecule has 0 saturated carbocycles. The van der Waals surface area contributed by atoms with Gasteiger partial charge in [0.05, 0.1) is 0 Å². The molecule has 0 fully saturated rings. The third kappa shape index (κ3) is 2.36. The fourth-order valence-electron chi connectivity index (χ4n) is 2.33. The molecule has 0 unspecified atom stereocenters. The average molecular weight is 256 g/mol. The van der Waals surface area contributed by atoms with Crippen LogP contribution in [0.3, 0.4) is 0 Å². The van der Waals surface area contributed by atoms with Gasteiger partial charge in [0.1, 0.15) is 5.75 Å². The molecule has 0 saturated heterocycles. The maximum atomic E-state index is 11.5. The van der Waals surface area contributed by atoms with Crippen molar-refractivity contribution in [3.8, 4) is 5.75 Å². The molecule has 0 amide bonds. The molecule has 0 atom stereocenters. The maximum absolute atomic E-state index is 11.5. The number of Topliss-reactive ketones (excluding diaryl/α,β-unsaturated/α-hetero) is 1. The van der Waals surface area contributed by atoms with Crippen molar-refractivity contribution in [2.45, 2.75) is 27.7 Å². The van der Waals surface area contributed by atoms with E-state index in [4.69, 9.17) is 4.74 Å². The van der Waals surface area contributed by atoms with Crippen LogP contribution in [0.4, 0.5) is 0 Å². The van der Waals surface area contributed by atoms with Gasteiger partial charge in [-0.2, -0.15) is 0 Å². The number of carbonyl (C=O) groups excluding carboxylic acids is 2. The van der Waals surface area contributed by atoms with Crippen LogP contribution in [0.15, 0.2) is 24.3 Å². The highest BCUT2D eigenvalue weighted by Gasteiger charge is 2.12. The fraction of sp³-hybridized carbons (Fsp3) is 0.250. The lowest BCUT2D eigenvalue weighted by molar-refractivity contribution is -0.131. The van der Waals surface area contributed by atoms with Crippen LogP contribution in [-0.2, 0) is 4.79 Å². The fourth-order valence-corrected chi connectivity index (χ4v) is 2.33. The number of rotatable bonds is 2. The van der Waals surface area contributed by atoms with Gasteiger partial charge in [0, 0.05) is 12.5 Å². The highest BCUT2D eigenvalue weighted by Crippen LogP contribution is 2.30. The number of aryl methyl sites for hydroxylation is 2. The van der Waals surface area contributed by atoms with E-state index in [-0.39, 0.29) is 11.8 Å². The van der Waals surface area contributed by atoms with Crippen LogP contribution in [0.5, 0.6) is 5.75 Å². The smallest absolute Gasteiger partial charge is 0.308 e. The Balaban J connectivity index is 2.69. The Bertz CT molecular complexity index is 684. The van der Waals surface area contributed by atoms with Crippen LogP contribution in [0.25, 0.3) is 10.8 Å². The van der Waals surface area contributed by atoms with Crippen molar-refractivity contribution in [1.82, 2.24) is 0 Å². The monoisotopic (exact) mass is 256 g/mol. The average Bonchev–Trinajstić information content (AvgIpc) is 2.32. The SMILES string of the molecule is CC(=O)Oc1ccc2c(C)c(C(C)=O)ccc2c1C. The predicted octanol–water partition coefficient (Wildman–Crippen LogP) is 3.58. The van der Waals surface area contributed by atoms with E-state index >= 15 is 0 Å². The summed E-state index contributed by atoms with van der Waals surface area (Å²) < 4.78 is 5.16. The van der Waals surface area contributed by atoms with Gasteiger partial charge in [-0.15, -0.1) is 0 Å². The molecule has 0 aliphatic heterocycles. The van der Waals surface area contributed by atoms with E-state index in [0.717, 1.165) is 27.5 Å². The molecule has 0 radical (unpaired) electrons. The Morgan fingerprint density at radius 3 is 2.05 bits per heavy atom. The van der Waals surface area contributed by atoms with Crippen LogP contribution < -0.4 is 4.74 Å². The van der Waals surface area contributed by atoms with Crippen LogP contribution >= 0.6 is 0 Å². The van der Waals surface area contributed by atoms with E-state index in [0.29, 0.717) is 5.75 Å². The number of ether oxygens (including phenoxy) is 1. The highest BCUT2D eigenvalue weighted by atomic mass is 16.5. The number of benzene rings is 2. The Labute approximate surface area is 112 Å². The topological polar surface area (TPSA) is 43.4 Å². The molecule has 0 aromatic heterocycles. The summed E-state index contributed by atoms with van der Waals surface area (Å²) in [5, 5.41) is 2.02. The molecule has 2 aromatic carbocycles. The molecule has 19 heavy (non-hydrogen) atoms. The van der Waals surface area contributed by atoms with Gasteiger partial charge in [-0.25, -0.2) is 0 Å². The summed E-state index contributed by atoms with van der Waals surface area (Å²) in [6.07, 6.45) is 0. The van der Waals surface area contributed by atoms with E-state index in [9.17, 15) is 9.59 Å². The zero-order valence-corrected chi connectivity index (χ0v) is 11.5. The lowest BCUT2D eigenvalue weighted by Crippen LogP contribution is -2.03. The van der Waals surface area contributed by atoms with Gasteiger partial charge in [-0.3, -0.25) is 9.59 Å². The number of carbonyl (C=O) groups is 2. The third-order valence-electron chi connectivity index (χ3n) is 3.32. The number of ketones is 1. The Hall–Kier alpha value is -2.16. The van der Waals surface area contributed by atoms with E-state index in [1.807, 2.05) is 32.0 Å². The van der Waals surface area contributed by atoms with Crippen molar-refractivity contribution in [2.24, 2.45) is 0 Å². The molecule has 3 heteroatoms. The summed E-state index contributed by atoms with van der Waals surface area (Å²) in [5.41, 5.74) is 2.60. The maximum Gasteiger partial charge on any atom is 0.308 e. The van der Waals surface area contributed by atoms with E-state index in [1.165, 1.54) is 6.92 Å². The summed E-state index contributed by atoms with van der Waals surface area (Å²) in [4.78, 5) is 22.6. The Kier molecular flexibility index (Phi) is 3.38. The van der Waals surface area contributed by atoms with Gasteiger partial charge in [-0.1, -0.05) is 18.2 Å². The van der Waals surface area contributed by atoms with Gasteiger partial charge < -0.3 is 4.74 Å². The number of hydrogen-bond donors (Lipinski definition) is 0. The van der Waals surface area contributed by atoms with Crippen LogP contribution in [0, 0.1) is 13.8 Å². The van der Waals surface area contributed by atoms with E-state index in [1.54, 1.807) is 13.0 Å². The minimum absolute atomic E-state index is 0.0566. The van der Waals surface area contributed by atoms with Gasteiger partial charge in [-0.05, 0) is 48.7 Å². The molecule has 3 nitrogen and oxygen atoms in total. The third-order valence-corrected chi connectivity index (χ3v) is 3.32. The van der Waals surface area contributed by atoms with Gasteiger partial charge in [0.15, 0.2) is 5.78 Å². The van der Waals surface area contributed by atoms with E-state index < -0.39 is 0 Å². The second-order valence-corrected chi connectivity index (χ2v) is 4.67. The summed E-state index contributed by atoms with van der Waals surface area (Å²) in [6.45, 7) is 6.79. The molecule has 0 N–H and O–H groups in total. The first-order valence-corrected chi connectivity index (χ1v) is 6.14. The molecular weight excluding hydrogens is 240 g/mol. The van der Waals surface area contributed by atoms with Crippen molar-refractivity contribution in [3.63, 3.8) is 0 Å². The van der Waals surface area contributed by atoms with Crippen molar-refractivity contribution in [1.29, 1.82) is 0 Å². The quantitative estimate of drug-likeness (QED) is 0.468. The largest absolute Gasteiger partial charge is 0.426 e. The number of fused-ring (bicyclic) bond motifs is 1. The second-order valence-electron chi connectivity index (χ2n) is 4.67. The minimum Gasteiger partial charge on any atom is -0.426 e. The molecule has 98 valence electrons. The molecule has 0 bridgehead atoms. The van der Waals surface area contributed by atoms with Crippen molar-refractivity contribution >= 4 is 22.5 Å². The second kappa shape index (κ2) is 4.84. The molecular formula is C16H16O3. The lowest BCUT2D eigenvalue weighted by Gasteiger charge is -2.12. The van der Waals surface area contributed by atoms with Crippen molar-refractivity contribution in [2.75, 3.05) is 0 Å². The van der Waals surface area contributed by atoms with Gasteiger partial charge in [0.2, 0.25) is 0 Å². The van der Waals surface area contributed by atoms with Crippen molar-refractivity contribution < 1.29 is 14.3 Å². The first kappa shape index (κ1) is 13.3. The molecule has 0 aliphatic rings. The standard InChI is InChI=1S/C16H16O3/c1-9-13(11(3)17)5-6-15-10(2)16(19-12(4)18)8-7-14(9)15/h5-8H,1-4H3. The highest BCUT2D eigenvalue weighted by molar-refractivity contribution is 6.02. The Morgan fingerprint density at radius 2 is 1.47 bits per heavy atom. The van der Waals surface area contributed by atoms with Crippen LogP contribution in [0.1, 0.15) is 35.3 Å². The first-order chi connectivity index (χ1) is 8.91. The summed E-state index contributed by atoms with van der Waals surface area (Å²) in [7, 11) is 0. The van der Waals surface area contributed by atoms with E-state index in [2.05, 4.69) is 0 Å².